The van der Waals surface area contributed by atoms with Crippen LogP contribution in [0.2, 0.25) is 0 Å². The first-order valence-corrected chi connectivity index (χ1v) is 6.58. The molecule has 1 aliphatic heterocycles. The molecule has 0 radical (unpaired) electrons. The molecule has 118 valence electrons. The molecule has 1 N–H and O–H groups in total. The molecule has 2 atom stereocenters. The van der Waals surface area contributed by atoms with E-state index in [0.717, 1.165) is 13.8 Å². The van der Waals surface area contributed by atoms with Gasteiger partial charge < -0.3 is 19.5 Å². The van der Waals surface area contributed by atoms with E-state index in [2.05, 4.69) is 0 Å². The normalized spacial score (nSPS) is 27.9. The van der Waals surface area contributed by atoms with Crippen LogP contribution in [0.1, 0.15) is 34.1 Å². The van der Waals surface area contributed by atoms with E-state index in [-0.39, 0.29) is 0 Å². The second-order valence-corrected chi connectivity index (χ2v) is 4.89. The maximum Gasteiger partial charge on any atom is 0.353 e. The Hall–Kier alpha value is -2.12. The van der Waals surface area contributed by atoms with Gasteiger partial charge in [0.1, 0.15) is 6.42 Å². The third-order valence-electron chi connectivity index (χ3n) is 3.60. The van der Waals surface area contributed by atoms with Crippen LogP contribution in [0.4, 0.5) is 0 Å². The molecule has 1 fully saturated rings. The fraction of sp³-hybridized carbons (Fsp3) is 0.692. The number of amides is 1. The Kier molecular flexibility index (Phi) is 4.60. The minimum absolute atomic E-state index is 0.304. The monoisotopic (exact) mass is 301 g/mol. The number of rotatable bonds is 5. The molecule has 1 rings (SSSR count). The van der Waals surface area contributed by atoms with E-state index in [1.54, 1.807) is 13.8 Å². The summed E-state index contributed by atoms with van der Waals surface area (Å²) in [6.45, 7) is 6.19. The third-order valence-corrected chi connectivity index (χ3v) is 3.60. The number of hydrogen-bond acceptors (Lipinski definition) is 6. The van der Waals surface area contributed by atoms with Crippen LogP contribution in [-0.4, -0.2) is 58.1 Å². The van der Waals surface area contributed by atoms with Crippen molar-refractivity contribution in [3.8, 4) is 0 Å². The Morgan fingerprint density at radius 3 is 2.24 bits per heavy atom. The first kappa shape index (κ1) is 16.9. The summed E-state index contributed by atoms with van der Waals surface area (Å²) in [5.74, 6) is -4.11. The van der Waals surface area contributed by atoms with Crippen LogP contribution in [0.5, 0.6) is 0 Å². The summed E-state index contributed by atoms with van der Waals surface area (Å²) >= 11 is 0. The molecule has 1 saturated heterocycles. The van der Waals surface area contributed by atoms with Crippen LogP contribution in [-0.2, 0) is 28.7 Å². The first-order valence-electron chi connectivity index (χ1n) is 6.58. The van der Waals surface area contributed by atoms with Crippen molar-refractivity contribution in [3.05, 3.63) is 0 Å². The molecule has 0 spiro atoms. The van der Waals surface area contributed by atoms with Gasteiger partial charge in [0.25, 0.3) is 11.5 Å². The Bertz CT molecular complexity index is 485. The van der Waals surface area contributed by atoms with Gasteiger partial charge in [0, 0.05) is 20.0 Å². The number of carboxylic acids is 1. The van der Waals surface area contributed by atoms with E-state index in [1.807, 2.05) is 0 Å². The van der Waals surface area contributed by atoms with E-state index < -0.39 is 41.4 Å². The molecule has 1 heterocycles. The lowest BCUT2D eigenvalue weighted by atomic mass is 9.82. The maximum absolute atomic E-state index is 12.6. The van der Waals surface area contributed by atoms with Gasteiger partial charge in [0.2, 0.25) is 5.60 Å². The number of carbonyl (C=O) groups excluding carboxylic acids is 3. The Morgan fingerprint density at radius 2 is 1.86 bits per heavy atom. The molecule has 0 aromatic rings. The van der Waals surface area contributed by atoms with Gasteiger partial charge >= 0.3 is 17.9 Å². The lowest BCUT2D eigenvalue weighted by molar-refractivity contribution is -0.202. The van der Waals surface area contributed by atoms with Crippen molar-refractivity contribution in [2.75, 3.05) is 13.1 Å². The minimum Gasteiger partial charge on any atom is -0.478 e. The summed E-state index contributed by atoms with van der Waals surface area (Å²) in [6.07, 6.45) is -0.703. The molecule has 8 heteroatoms. The highest BCUT2D eigenvalue weighted by molar-refractivity contribution is 6.02. The second-order valence-electron chi connectivity index (χ2n) is 4.89. The molecule has 8 nitrogen and oxygen atoms in total. The van der Waals surface area contributed by atoms with Crippen molar-refractivity contribution in [3.63, 3.8) is 0 Å². The summed E-state index contributed by atoms with van der Waals surface area (Å²) < 4.78 is 9.86. The highest BCUT2D eigenvalue weighted by Gasteiger charge is 2.70. The second kappa shape index (κ2) is 5.71. The van der Waals surface area contributed by atoms with E-state index in [4.69, 9.17) is 9.47 Å². The number of hydrogen-bond donors (Lipinski definition) is 1. The largest absolute Gasteiger partial charge is 0.478 e. The van der Waals surface area contributed by atoms with Crippen molar-refractivity contribution in [1.29, 1.82) is 0 Å². The van der Waals surface area contributed by atoms with Gasteiger partial charge in [-0.2, -0.15) is 0 Å². The third kappa shape index (κ3) is 2.57. The zero-order chi connectivity index (χ0) is 16.4. The Balaban J connectivity index is 3.39. The summed E-state index contributed by atoms with van der Waals surface area (Å²) in [4.78, 5) is 48.4. The summed E-state index contributed by atoms with van der Waals surface area (Å²) in [7, 11) is 0. The number of nitrogens with zero attached hydrogens (tertiary/aromatic N) is 1. The van der Waals surface area contributed by atoms with Crippen LogP contribution >= 0.6 is 0 Å². The van der Waals surface area contributed by atoms with Crippen molar-refractivity contribution in [2.24, 2.45) is 0 Å². The molecule has 0 aromatic heterocycles. The molecular formula is C13H19NO7. The number of carboxylic acid groups (broad SMARTS) is 1. The number of aliphatic carboxylic acids is 1. The van der Waals surface area contributed by atoms with E-state index in [0.29, 0.717) is 13.1 Å². The highest BCUT2D eigenvalue weighted by atomic mass is 16.6. The fourth-order valence-electron chi connectivity index (χ4n) is 2.45. The maximum atomic E-state index is 12.6. The molecule has 0 aromatic carbocycles. The smallest absolute Gasteiger partial charge is 0.353 e. The molecule has 0 bridgehead atoms. The molecule has 2 unspecified atom stereocenters. The molecule has 1 aliphatic rings. The number of ether oxygens (including phenoxy) is 2. The topological polar surface area (TPSA) is 110 Å². The Morgan fingerprint density at radius 1 is 1.33 bits per heavy atom. The van der Waals surface area contributed by atoms with E-state index in [1.165, 1.54) is 4.90 Å². The standard InChI is InChI=1S/C13H19NO7/c1-5-14(6-2)10(17)12(4)13(11(18)19,20-8(3)15)7-9(16)21-12/h5-7H2,1-4H3,(H,18,19). The predicted molar refractivity (Wildman–Crippen MR) is 69.2 cm³/mol. The highest BCUT2D eigenvalue weighted by Crippen LogP contribution is 2.41. The average molecular weight is 301 g/mol. The van der Waals surface area contributed by atoms with Crippen molar-refractivity contribution in [1.82, 2.24) is 4.90 Å². The van der Waals surface area contributed by atoms with Crippen molar-refractivity contribution < 1.29 is 33.8 Å². The van der Waals surface area contributed by atoms with Crippen LogP contribution in [0.15, 0.2) is 0 Å². The molecule has 0 aliphatic carbocycles. The molecular weight excluding hydrogens is 282 g/mol. The lowest BCUT2D eigenvalue weighted by Gasteiger charge is -2.38. The quantitative estimate of drug-likeness (QED) is 0.708. The molecule has 21 heavy (non-hydrogen) atoms. The molecule has 0 saturated carbocycles. The lowest BCUT2D eigenvalue weighted by Crippen LogP contribution is -2.64. The van der Waals surface area contributed by atoms with Crippen LogP contribution in [0.3, 0.4) is 0 Å². The van der Waals surface area contributed by atoms with Crippen LogP contribution in [0, 0.1) is 0 Å². The summed E-state index contributed by atoms with van der Waals surface area (Å²) in [6, 6.07) is 0. The van der Waals surface area contributed by atoms with Gasteiger partial charge in [-0.25, -0.2) is 4.79 Å². The van der Waals surface area contributed by atoms with Crippen LogP contribution < -0.4 is 0 Å². The average Bonchev–Trinajstić information content (AvgIpc) is 2.63. The van der Waals surface area contributed by atoms with Crippen LogP contribution in [0.25, 0.3) is 0 Å². The van der Waals surface area contributed by atoms with Gasteiger partial charge in [-0.3, -0.25) is 14.4 Å². The van der Waals surface area contributed by atoms with Gasteiger partial charge in [-0.05, 0) is 20.8 Å². The van der Waals surface area contributed by atoms with E-state index in [9.17, 15) is 24.3 Å². The van der Waals surface area contributed by atoms with Gasteiger partial charge in [-0.15, -0.1) is 0 Å². The van der Waals surface area contributed by atoms with Crippen molar-refractivity contribution in [2.45, 2.75) is 45.3 Å². The SMILES string of the molecule is CCN(CC)C(=O)C1(C)OC(=O)CC1(OC(C)=O)C(=O)O. The van der Waals surface area contributed by atoms with Gasteiger partial charge in [-0.1, -0.05) is 0 Å². The predicted octanol–water partition coefficient (Wildman–Crippen LogP) is -0.0531. The Labute approximate surface area is 122 Å². The number of carbonyl (C=O) groups is 4. The van der Waals surface area contributed by atoms with E-state index >= 15 is 0 Å². The fourth-order valence-corrected chi connectivity index (χ4v) is 2.45. The minimum atomic E-state index is -2.35. The number of cyclic esters (lactones) is 1. The van der Waals surface area contributed by atoms with Gasteiger partial charge in [0.05, 0.1) is 0 Å². The summed E-state index contributed by atoms with van der Waals surface area (Å²) in [5.41, 5.74) is -4.44. The zero-order valence-electron chi connectivity index (χ0n) is 12.5. The van der Waals surface area contributed by atoms with Gasteiger partial charge in [0.15, 0.2) is 0 Å². The molecule has 1 amide bonds. The number of esters is 2. The van der Waals surface area contributed by atoms with Crippen molar-refractivity contribution >= 4 is 23.8 Å². The summed E-state index contributed by atoms with van der Waals surface area (Å²) in [5, 5.41) is 9.46. The first-order chi connectivity index (χ1) is 9.64. The zero-order valence-corrected chi connectivity index (χ0v) is 12.5. The number of likely N-dealkylation sites (N-methyl/N-ethyl adjacent to an activating group) is 1.